The summed E-state index contributed by atoms with van der Waals surface area (Å²) in [4.78, 5) is 13.6. The monoisotopic (exact) mass is 370 g/mol. The van der Waals surface area contributed by atoms with E-state index in [2.05, 4.69) is 16.8 Å². The average molecular weight is 370 g/mol. The normalized spacial score (nSPS) is 24.7. The third-order valence-electron chi connectivity index (χ3n) is 4.58. The summed E-state index contributed by atoms with van der Waals surface area (Å²) in [5.74, 6) is 0.549. The Bertz CT molecular complexity index is 662. The number of sulfone groups is 1. The smallest absolute Gasteiger partial charge is 0.290 e. The molecule has 8 heteroatoms. The zero-order chi connectivity index (χ0) is 18.4. The predicted molar refractivity (Wildman–Crippen MR) is 94.2 cm³/mol. The summed E-state index contributed by atoms with van der Waals surface area (Å²) in [6.45, 7) is 5.38. The lowest BCUT2D eigenvalue weighted by Gasteiger charge is -2.29. The maximum absolute atomic E-state index is 11.5. The lowest BCUT2D eigenvalue weighted by Crippen LogP contribution is -2.41. The van der Waals surface area contributed by atoms with Gasteiger partial charge in [0.2, 0.25) is 0 Å². The van der Waals surface area contributed by atoms with Gasteiger partial charge >= 0.3 is 0 Å². The number of hydrogen-bond acceptors (Lipinski definition) is 6. The van der Waals surface area contributed by atoms with Gasteiger partial charge in [-0.05, 0) is 24.7 Å². The van der Waals surface area contributed by atoms with E-state index < -0.39 is 9.84 Å². The number of likely N-dealkylation sites (N-methyl/N-ethyl adjacent to an activating group) is 1. The van der Waals surface area contributed by atoms with Crippen molar-refractivity contribution in [3.05, 3.63) is 29.8 Å². The first-order valence-corrected chi connectivity index (χ1v) is 10.1. The van der Waals surface area contributed by atoms with Crippen LogP contribution in [0.3, 0.4) is 0 Å². The molecule has 0 unspecified atom stereocenters. The van der Waals surface area contributed by atoms with Crippen molar-refractivity contribution in [2.45, 2.75) is 17.5 Å². The van der Waals surface area contributed by atoms with Crippen LogP contribution in [0.25, 0.3) is 0 Å². The number of carboxylic acid groups (broad SMARTS) is 1. The van der Waals surface area contributed by atoms with Crippen LogP contribution in [-0.2, 0) is 25.9 Å². The molecule has 0 spiro atoms. The second kappa shape index (κ2) is 8.75. The Labute approximate surface area is 149 Å². The fraction of sp³-hybridized carbons (Fsp3) is 0.588. The van der Waals surface area contributed by atoms with E-state index >= 15 is 0 Å². The highest BCUT2D eigenvalue weighted by Crippen LogP contribution is 2.20. The van der Waals surface area contributed by atoms with Gasteiger partial charge in [0.1, 0.15) is 0 Å². The van der Waals surface area contributed by atoms with Gasteiger partial charge in [-0.3, -0.25) is 14.6 Å². The van der Waals surface area contributed by atoms with Gasteiger partial charge in [0.25, 0.3) is 6.47 Å². The van der Waals surface area contributed by atoms with Crippen LogP contribution in [-0.4, -0.2) is 82.0 Å². The van der Waals surface area contributed by atoms with Gasteiger partial charge in [0.15, 0.2) is 9.84 Å². The Balaban J connectivity index is 0.000000701. The molecule has 3 rings (SSSR count). The molecule has 7 nitrogen and oxygen atoms in total. The molecule has 0 saturated carbocycles. The second-order valence-corrected chi connectivity index (χ2v) is 8.73. The van der Waals surface area contributed by atoms with Gasteiger partial charge in [-0.25, -0.2) is 8.42 Å². The third-order valence-corrected chi connectivity index (χ3v) is 5.70. The molecule has 1 N–H and O–H groups in total. The summed E-state index contributed by atoms with van der Waals surface area (Å²) in [5.41, 5.74) is 1.16. The topological polar surface area (TPSA) is 87.2 Å². The zero-order valence-corrected chi connectivity index (χ0v) is 15.5. The number of fused-ring (bicyclic) bond motifs is 3. The SMILES string of the molecule is CN1C[C@H]2COC[C@@H]1CN(Cc1ccc(S(C)(=O)=O)cc1)C2.O=CO. The Morgan fingerprint density at radius 3 is 2.44 bits per heavy atom. The van der Waals surface area contributed by atoms with Gasteiger partial charge in [-0.2, -0.15) is 0 Å². The van der Waals surface area contributed by atoms with Crippen molar-refractivity contribution >= 4 is 16.3 Å². The summed E-state index contributed by atoms with van der Waals surface area (Å²) in [5, 5.41) is 6.89. The molecule has 25 heavy (non-hydrogen) atoms. The molecular formula is C17H26N2O5S. The molecule has 2 atom stereocenters. The fourth-order valence-electron chi connectivity index (χ4n) is 3.38. The number of nitrogens with zero attached hydrogens (tertiary/aromatic N) is 2. The lowest BCUT2D eigenvalue weighted by atomic mass is 10.1. The molecule has 2 heterocycles. The highest BCUT2D eigenvalue weighted by molar-refractivity contribution is 7.90. The van der Waals surface area contributed by atoms with E-state index in [1.807, 2.05) is 12.1 Å². The Hall–Kier alpha value is -1.48. The minimum atomic E-state index is -3.11. The van der Waals surface area contributed by atoms with Crippen molar-refractivity contribution in [1.29, 1.82) is 0 Å². The first-order valence-electron chi connectivity index (χ1n) is 8.20. The molecule has 2 fully saturated rings. The molecule has 0 aromatic heterocycles. The molecule has 2 aliphatic heterocycles. The van der Waals surface area contributed by atoms with Crippen molar-refractivity contribution in [2.24, 2.45) is 5.92 Å². The number of benzene rings is 1. The number of carbonyl (C=O) groups is 1. The Morgan fingerprint density at radius 1 is 1.20 bits per heavy atom. The van der Waals surface area contributed by atoms with Crippen molar-refractivity contribution in [1.82, 2.24) is 9.80 Å². The molecular weight excluding hydrogens is 344 g/mol. The van der Waals surface area contributed by atoms with Crippen LogP contribution in [0.4, 0.5) is 0 Å². The largest absolute Gasteiger partial charge is 0.483 e. The van der Waals surface area contributed by atoms with Crippen LogP contribution >= 0.6 is 0 Å². The van der Waals surface area contributed by atoms with Gasteiger partial charge in [0.05, 0.1) is 18.1 Å². The minimum absolute atomic E-state index is 0.250. The Kier molecular flexibility index (Phi) is 6.95. The molecule has 1 aromatic rings. The van der Waals surface area contributed by atoms with Crippen molar-refractivity contribution in [3.8, 4) is 0 Å². The van der Waals surface area contributed by atoms with E-state index in [1.165, 1.54) is 6.26 Å². The maximum atomic E-state index is 11.5. The van der Waals surface area contributed by atoms with Crippen LogP contribution in [0.15, 0.2) is 29.2 Å². The zero-order valence-electron chi connectivity index (χ0n) is 14.7. The average Bonchev–Trinajstić information content (AvgIpc) is 2.76. The van der Waals surface area contributed by atoms with E-state index in [4.69, 9.17) is 14.6 Å². The summed E-state index contributed by atoms with van der Waals surface area (Å²) >= 11 is 0. The maximum Gasteiger partial charge on any atom is 0.290 e. The molecule has 1 aromatic carbocycles. The molecule has 2 bridgehead atoms. The first kappa shape index (κ1) is 19.8. The van der Waals surface area contributed by atoms with Crippen molar-refractivity contribution in [2.75, 3.05) is 46.2 Å². The van der Waals surface area contributed by atoms with E-state index in [-0.39, 0.29) is 6.47 Å². The second-order valence-electron chi connectivity index (χ2n) is 6.71. The van der Waals surface area contributed by atoms with Gasteiger partial charge < -0.3 is 9.84 Å². The highest BCUT2D eigenvalue weighted by Gasteiger charge is 2.31. The molecule has 0 aliphatic carbocycles. The van der Waals surface area contributed by atoms with E-state index in [9.17, 15) is 8.42 Å². The van der Waals surface area contributed by atoms with Crippen molar-refractivity contribution < 1.29 is 23.1 Å². The molecule has 140 valence electrons. The molecule has 0 amide bonds. The lowest BCUT2D eigenvalue weighted by molar-refractivity contribution is -0.122. The highest BCUT2D eigenvalue weighted by atomic mass is 32.2. The quantitative estimate of drug-likeness (QED) is 0.778. The third kappa shape index (κ3) is 5.78. The summed E-state index contributed by atoms with van der Waals surface area (Å²) in [7, 11) is -0.938. The van der Waals surface area contributed by atoms with Gasteiger partial charge in [0, 0.05) is 44.4 Å². The van der Waals surface area contributed by atoms with E-state index in [1.54, 1.807) is 12.1 Å². The Morgan fingerprint density at radius 2 is 1.84 bits per heavy atom. The number of hydrogen-bond donors (Lipinski definition) is 1. The molecule has 0 radical (unpaired) electrons. The van der Waals surface area contributed by atoms with Crippen LogP contribution in [0.2, 0.25) is 0 Å². The summed E-state index contributed by atoms with van der Waals surface area (Å²) < 4.78 is 28.8. The molecule has 2 aliphatic rings. The van der Waals surface area contributed by atoms with Crippen LogP contribution in [0.5, 0.6) is 0 Å². The fourth-order valence-corrected chi connectivity index (χ4v) is 4.01. The molecule has 2 saturated heterocycles. The van der Waals surface area contributed by atoms with Gasteiger partial charge in [-0.15, -0.1) is 0 Å². The first-order chi connectivity index (χ1) is 11.8. The van der Waals surface area contributed by atoms with Gasteiger partial charge in [-0.1, -0.05) is 12.1 Å². The summed E-state index contributed by atoms with van der Waals surface area (Å²) in [6, 6.07) is 7.72. The number of ether oxygens (including phenoxy) is 1. The predicted octanol–water partition coefficient (Wildman–Crippen LogP) is 0.553. The minimum Gasteiger partial charge on any atom is -0.483 e. The van der Waals surface area contributed by atoms with Crippen LogP contribution < -0.4 is 0 Å². The number of rotatable bonds is 3. The van der Waals surface area contributed by atoms with E-state index in [0.29, 0.717) is 16.9 Å². The van der Waals surface area contributed by atoms with Crippen LogP contribution in [0, 0.1) is 5.92 Å². The van der Waals surface area contributed by atoms with E-state index in [0.717, 1.165) is 45.0 Å². The van der Waals surface area contributed by atoms with Crippen LogP contribution in [0.1, 0.15) is 5.56 Å². The summed E-state index contributed by atoms with van der Waals surface area (Å²) in [6.07, 6.45) is 1.24. The standard InChI is InChI=1S/C16H24N2O3S.CH2O2/c1-17-7-14-9-18(10-15(17)12-21-11-14)8-13-3-5-16(6-4-13)22(2,19)20;2-1-3/h3-6,14-15H,7-12H2,1-2H3;1H,(H,2,3)/t14-,15+;/m1./s1. The van der Waals surface area contributed by atoms with Crippen molar-refractivity contribution in [3.63, 3.8) is 0 Å².